The molecule has 0 aliphatic carbocycles. The Bertz CT molecular complexity index is 1240. The predicted molar refractivity (Wildman–Crippen MR) is 119 cm³/mol. The van der Waals surface area contributed by atoms with Gasteiger partial charge in [0.25, 0.3) is 5.56 Å². The third-order valence-corrected chi connectivity index (χ3v) is 6.09. The SMILES string of the molecule is CCCCn1c(=O)c2sccc2n2c(CCC(=O)NCc3ccc(C)cc3)nnc12. The second-order valence-electron chi connectivity index (χ2n) is 7.46. The van der Waals surface area contributed by atoms with Gasteiger partial charge >= 0.3 is 0 Å². The highest BCUT2D eigenvalue weighted by atomic mass is 32.1. The van der Waals surface area contributed by atoms with Gasteiger partial charge in [-0.15, -0.1) is 21.5 Å². The molecule has 3 aromatic heterocycles. The summed E-state index contributed by atoms with van der Waals surface area (Å²) in [5, 5.41) is 13.5. The molecule has 0 saturated carbocycles. The molecular weight excluding hydrogens is 398 g/mol. The average Bonchev–Trinajstić information content (AvgIpc) is 3.39. The molecule has 0 unspecified atom stereocenters. The molecule has 4 aromatic rings. The Morgan fingerprint density at radius 1 is 1.17 bits per heavy atom. The van der Waals surface area contributed by atoms with Crippen LogP contribution in [0.5, 0.6) is 0 Å². The van der Waals surface area contributed by atoms with Gasteiger partial charge in [-0.1, -0.05) is 43.2 Å². The number of amides is 1. The molecule has 1 amide bonds. The highest BCUT2D eigenvalue weighted by Gasteiger charge is 2.17. The van der Waals surface area contributed by atoms with Crippen LogP contribution in [0.2, 0.25) is 0 Å². The first-order chi connectivity index (χ1) is 14.6. The second kappa shape index (κ2) is 8.79. The number of aryl methyl sites for hydroxylation is 3. The van der Waals surface area contributed by atoms with Crippen molar-refractivity contribution in [1.82, 2.24) is 24.5 Å². The minimum Gasteiger partial charge on any atom is -0.352 e. The molecule has 3 heterocycles. The second-order valence-corrected chi connectivity index (χ2v) is 8.38. The lowest BCUT2D eigenvalue weighted by Crippen LogP contribution is -2.24. The number of thiophene rings is 1. The van der Waals surface area contributed by atoms with E-state index in [1.54, 1.807) is 4.57 Å². The van der Waals surface area contributed by atoms with E-state index >= 15 is 0 Å². The lowest BCUT2D eigenvalue weighted by atomic mass is 10.1. The summed E-state index contributed by atoms with van der Waals surface area (Å²) in [4.78, 5) is 25.2. The average molecular weight is 424 g/mol. The van der Waals surface area contributed by atoms with Crippen LogP contribution in [0.1, 0.15) is 43.1 Å². The van der Waals surface area contributed by atoms with Gasteiger partial charge in [-0.05, 0) is 30.4 Å². The third kappa shape index (κ3) is 4.00. The first kappa shape index (κ1) is 20.3. The van der Waals surface area contributed by atoms with Crippen molar-refractivity contribution in [2.24, 2.45) is 0 Å². The number of fused-ring (bicyclic) bond motifs is 3. The normalized spacial score (nSPS) is 11.4. The number of aromatic nitrogens is 4. The predicted octanol–water partition coefficient (Wildman–Crippen LogP) is 3.46. The van der Waals surface area contributed by atoms with Crippen molar-refractivity contribution in [2.75, 3.05) is 0 Å². The number of rotatable bonds is 8. The van der Waals surface area contributed by atoms with Crippen LogP contribution in [-0.2, 0) is 24.3 Å². The molecule has 0 saturated heterocycles. The lowest BCUT2D eigenvalue weighted by molar-refractivity contribution is -0.121. The summed E-state index contributed by atoms with van der Waals surface area (Å²) in [6.45, 7) is 5.25. The maximum Gasteiger partial charge on any atom is 0.272 e. The van der Waals surface area contributed by atoms with Crippen LogP contribution in [0.25, 0.3) is 16.0 Å². The molecule has 1 aromatic carbocycles. The monoisotopic (exact) mass is 423 g/mol. The Balaban J connectivity index is 1.53. The molecule has 8 heteroatoms. The van der Waals surface area contributed by atoms with Gasteiger partial charge in [0, 0.05) is 25.9 Å². The molecule has 0 aliphatic rings. The maximum atomic E-state index is 12.9. The van der Waals surface area contributed by atoms with E-state index in [2.05, 4.69) is 22.4 Å². The first-order valence-corrected chi connectivity index (χ1v) is 11.1. The van der Waals surface area contributed by atoms with Gasteiger partial charge < -0.3 is 5.32 Å². The zero-order chi connectivity index (χ0) is 21.1. The molecule has 4 rings (SSSR count). The van der Waals surface area contributed by atoms with E-state index in [4.69, 9.17) is 0 Å². The molecule has 0 radical (unpaired) electrons. The summed E-state index contributed by atoms with van der Waals surface area (Å²) in [5.41, 5.74) is 3.06. The lowest BCUT2D eigenvalue weighted by Gasteiger charge is -2.09. The summed E-state index contributed by atoms with van der Waals surface area (Å²) < 4.78 is 4.33. The van der Waals surface area contributed by atoms with Crippen molar-refractivity contribution in [3.63, 3.8) is 0 Å². The fraction of sp³-hybridized carbons (Fsp3) is 0.364. The van der Waals surface area contributed by atoms with Crippen molar-refractivity contribution in [2.45, 2.75) is 52.6 Å². The van der Waals surface area contributed by atoms with E-state index in [1.165, 1.54) is 16.9 Å². The summed E-state index contributed by atoms with van der Waals surface area (Å²) in [7, 11) is 0. The molecule has 156 valence electrons. The zero-order valence-electron chi connectivity index (χ0n) is 17.2. The number of hydrogen-bond donors (Lipinski definition) is 1. The van der Waals surface area contributed by atoms with Gasteiger partial charge in [-0.3, -0.25) is 18.6 Å². The number of carbonyl (C=O) groups is 1. The molecule has 0 bridgehead atoms. The topological polar surface area (TPSA) is 81.3 Å². The number of carbonyl (C=O) groups excluding carboxylic acids is 1. The number of unbranched alkanes of at least 4 members (excludes halogenated alkanes) is 1. The van der Waals surface area contributed by atoms with E-state index in [0.717, 1.165) is 23.9 Å². The highest BCUT2D eigenvalue weighted by molar-refractivity contribution is 7.17. The van der Waals surface area contributed by atoms with Crippen LogP contribution < -0.4 is 10.9 Å². The number of benzene rings is 1. The highest BCUT2D eigenvalue weighted by Crippen LogP contribution is 2.20. The molecule has 0 spiro atoms. The van der Waals surface area contributed by atoms with Crippen LogP contribution in [0.3, 0.4) is 0 Å². The van der Waals surface area contributed by atoms with E-state index in [-0.39, 0.29) is 11.5 Å². The van der Waals surface area contributed by atoms with E-state index in [0.29, 0.717) is 42.2 Å². The number of hydrogen-bond acceptors (Lipinski definition) is 5. The van der Waals surface area contributed by atoms with Crippen LogP contribution in [0.15, 0.2) is 40.5 Å². The minimum absolute atomic E-state index is 0.0178. The van der Waals surface area contributed by atoms with Gasteiger partial charge in [0.1, 0.15) is 10.5 Å². The molecule has 0 fully saturated rings. The third-order valence-electron chi connectivity index (χ3n) is 5.20. The molecule has 30 heavy (non-hydrogen) atoms. The molecule has 1 N–H and O–H groups in total. The standard InChI is InChI=1S/C22H25N5O2S/c1-3-4-12-26-21(29)20-17(11-13-30-20)27-18(24-25-22(26)27)9-10-19(28)23-14-16-7-5-15(2)6-8-16/h5-8,11,13H,3-4,9-10,12,14H2,1-2H3,(H,23,28). The first-order valence-electron chi connectivity index (χ1n) is 10.2. The minimum atomic E-state index is -0.0341. The van der Waals surface area contributed by atoms with Crippen molar-refractivity contribution < 1.29 is 4.79 Å². The Morgan fingerprint density at radius 2 is 1.97 bits per heavy atom. The molecule has 0 atom stereocenters. The van der Waals surface area contributed by atoms with Crippen molar-refractivity contribution in [1.29, 1.82) is 0 Å². The Morgan fingerprint density at radius 3 is 2.73 bits per heavy atom. The number of nitrogens with zero attached hydrogens (tertiary/aromatic N) is 4. The van der Waals surface area contributed by atoms with Crippen LogP contribution in [0, 0.1) is 6.92 Å². The Hall–Kier alpha value is -3.00. The van der Waals surface area contributed by atoms with E-state index in [1.807, 2.05) is 47.0 Å². The maximum absolute atomic E-state index is 12.9. The van der Waals surface area contributed by atoms with Gasteiger partial charge in [0.2, 0.25) is 11.7 Å². The summed E-state index contributed by atoms with van der Waals surface area (Å²) in [6.07, 6.45) is 2.66. The van der Waals surface area contributed by atoms with Crippen LogP contribution in [-0.4, -0.2) is 25.1 Å². The fourth-order valence-electron chi connectivity index (χ4n) is 3.48. The van der Waals surface area contributed by atoms with Crippen LogP contribution in [0.4, 0.5) is 0 Å². The Labute approximate surface area is 178 Å². The van der Waals surface area contributed by atoms with Gasteiger partial charge in [0.15, 0.2) is 0 Å². The number of nitrogens with one attached hydrogen (secondary N) is 1. The quantitative estimate of drug-likeness (QED) is 0.471. The smallest absolute Gasteiger partial charge is 0.272 e. The molecule has 0 aliphatic heterocycles. The summed E-state index contributed by atoms with van der Waals surface area (Å²) in [5.74, 6) is 1.21. The van der Waals surface area contributed by atoms with Gasteiger partial charge in [-0.2, -0.15) is 0 Å². The molecular formula is C22H25N5O2S. The van der Waals surface area contributed by atoms with Crippen molar-refractivity contribution >= 4 is 33.2 Å². The van der Waals surface area contributed by atoms with Gasteiger partial charge in [-0.25, -0.2) is 0 Å². The Kier molecular flexibility index (Phi) is 5.94. The molecule has 7 nitrogen and oxygen atoms in total. The van der Waals surface area contributed by atoms with Crippen LogP contribution >= 0.6 is 11.3 Å². The van der Waals surface area contributed by atoms with Gasteiger partial charge in [0.05, 0.1) is 5.52 Å². The zero-order valence-corrected chi connectivity index (χ0v) is 18.0. The van der Waals surface area contributed by atoms with Crippen molar-refractivity contribution in [3.05, 3.63) is 63.0 Å². The summed E-state index contributed by atoms with van der Waals surface area (Å²) >= 11 is 1.43. The largest absolute Gasteiger partial charge is 0.352 e. The van der Waals surface area contributed by atoms with E-state index < -0.39 is 0 Å². The van der Waals surface area contributed by atoms with E-state index in [9.17, 15) is 9.59 Å². The summed E-state index contributed by atoms with van der Waals surface area (Å²) in [6, 6.07) is 10.0. The fourth-order valence-corrected chi connectivity index (χ4v) is 4.30. The van der Waals surface area contributed by atoms with Crippen molar-refractivity contribution in [3.8, 4) is 0 Å².